The van der Waals surface area contributed by atoms with Gasteiger partial charge in [-0.3, -0.25) is 24.8 Å². The maximum absolute atomic E-state index is 12.2. The van der Waals surface area contributed by atoms with E-state index in [4.69, 9.17) is 0 Å². The summed E-state index contributed by atoms with van der Waals surface area (Å²) in [4.78, 5) is 24.1. The predicted octanol–water partition coefficient (Wildman–Crippen LogP) is 1.27. The third-order valence-electron chi connectivity index (χ3n) is 3.46. The molecule has 1 aliphatic rings. The van der Waals surface area contributed by atoms with Crippen molar-refractivity contribution in [2.75, 3.05) is 5.43 Å². The van der Waals surface area contributed by atoms with Gasteiger partial charge < -0.3 is 0 Å². The van der Waals surface area contributed by atoms with Crippen molar-refractivity contribution in [2.24, 2.45) is 14.1 Å². The zero-order chi connectivity index (χ0) is 15.1. The number of rotatable bonds is 1. The molecule has 2 heterocycles. The van der Waals surface area contributed by atoms with E-state index in [1.807, 2.05) is 24.3 Å². The lowest BCUT2D eigenvalue weighted by Crippen LogP contribution is -2.42. The van der Waals surface area contributed by atoms with E-state index in [2.05, 4.69) is 26.8 Å². The molecule has 21 heavy (non-hydrogen) atoms. The molecule has 0 saturated carbocycles. The van der Waals surface area contributed by atoms with Gasteiger partial charge in [0.2, 0.25) is 0 Å². The van der Waals surface area contributed by atoms with E-state index in [1.54, 1.807) is 13.1 Å². The number of benzene rings is 1. The topological polar surface area (TPSA) is 68.1 Å². The van der Waals surface area contributed by atoms with Gasteiger partial charge in [-0.1, -0.05) is 28.1 Å². The molecule has 0 spiro atoms. The van der Waals surface area contributed by atoms with Crippen molar-refractivity contribution in [3.63, 3.8) is 0 Å². The van der Waals surface area contributed by atoms with Crippen LogP contribution < -0.4 is 22.1 Å². The summed E-state index contributed by atoms with van der Waals surface area (Å²) >= 11 is 3.39. The SMILES string of the molecule is Cn1c2c(c(=O)n(C)c1=O)C=C(c1ccc(Br)cc1)NN2. The monoisotopic (exact) mass is 348 g/mol. The van der Waals surface area contributed by atoms with E-state index < -0.39 is 0 Å². The van der Waals surface area contributed by atoms with E-state index in [0.29, 0.717) is 11.4 Å². The highest BCUT2D eigenvalue weighted by molar-refractivity contribution is 9.10. The van der Waals surface area contributed by atoms with Gasteiger partial charge in [0.1, 0.15) is 5.82 Å². The van der Waals surface area contributed by atoms with Crippen LogP contribution in [0.25, 0.3) is 11.8 Å². The van der Waals surface area contributed by atoms with Gasteiger partial charge in [-0.05, 0) is 23.8 Å². The zero-order valence-electron chi connectivity index (χ0n) is 11.5. The first-order valence-corrected chi connectivity index (χ1v) is 7.08. The van der Waals surface area contributed by atoms with Gasteiger partial charge in [0.15, 0.2) is 0 Å². The molecular weight excluding hydrogens is 336 g/mol. The average molecular weight is 349 g/mol. The first-order chi connectivity index (χ1) is 9.99. The van der Waals surface area contributed by atoms with Gasteiger partial charge in [0.05, 0.1) is 11.3 Å². The molecule has 1 aromatic carbocycles. The van der Waals surface area contributed by atoms with Crippen LogP contribution in [-0.2, 0) is 14.1 Å². The predicted molar refractivity (Wildman–Crippen MR) is 85.7 cm³/mol. The Bertz CT molecular complexity index is 862. The average Bonchev–Trinajstić information content (AvgIpc) is 2.51. The minimum Gasteiger partial charge on any atom is -0.299 e. The van der Waals surface area contributed by atoms with Crippen LogP contribution in [-0.4, -0.2) is 9.13 Å². The number of fused-ring (bicyclic) bond motifs is 1. The van der Waals surface area contributed by atoms with Crippen molar-refractivity contribution in [1.82, 2.24) is 14.6 Å². The van der Waals surface area contributed by atoms with E-state index in [9.17, 15) is 9.59 Å². The van der Waals surface area contributed by atoms with Gasteiger partial charge >= 0.3 is 5.69 Å². The molecule has 2 N–H and O–H groups in total. The lowest BCUT2D eigenvalue weighted by molar-refractivity contribution is 0.682. The zero-order valence-corrected chi connectivity index (χ0v) is 13.1. The summed E-state index contributed by atoms with van der Waals surface area (Å²) in [6, 6.07) is 7.71. The highest BCUT2D eigenvalue weighted by Gasteiger charge is 2.18. The molecule has 7 heteroatoms. The van der Waals surface area contributed by atoms with Crippen LogP contribution in [0.3, 0.4) is 0 Å². The summed E-state index contributed by atoms with van der Waals surface area (Å²) in [6.45, 7) is 0. The largest absolute Gasteiger partial charge is 0.332 e. The molecular formula is C14H13BrN4O2. The number of halogens is 1. The second kappa shape index (κ2) is 4.92. The second-order valence-electron chi connectivity index (χ2n) is 4.78. The highest BCUT2D eigenvalue weighted by atomic mass is 79.9. The van der Waals surface area contributed by atoms with E-state index >= 15 is 0 Å². The Labute approximate surface area is 128 Å². The second-order valence-corrected chi connectivity index (χ2v) is 5.70. The number of hydrogen-bond acceptors (Lipinski definition) is 4. The Morgan fingerprint density at radius 3 is 2.33 bits per heavy atom. The van der Waals surface area contributed by atoms with Crippen LogP contribution in [0.4, 0.5) is 5.82 Å². The summed E-state index contributed by atoms with van der Waals surface area (Å²) in [5, 5.41) is 0. The normalized spacial score (nSPS) is 13.0. The van der Waals surface area contributed by atoms with Crippen LogP contribution in [0.1, 0.15) is 11.1 Å². The number of anilines is 1. The molecule has 0 fully saturated rings. The molecule has 0 bridgehead atoms. The van der Waals surface area contributed by atoms with Gasteiger partial charge in [-0.2, -0.15) is 0 Å². The van der Waals surface area contributed by atoms with E-state index in [1.165, 1.54) is 11.6 Å². The molecule has 0 atom stereocenters. The van der Waals surface area contributed by atoms with Crippen LogP contribution >= 0.6 is 15.9 Å². The van der Waals surface area contributed by atoms with Gasteiger partial charge in [-0.25, -0.2) is 4.79 Å². The third-order valence-corrected chi connectivity index (χ3v) is 3.99. The molecule has 0 saturated heterocycles. The number of nitrogens with zero attached hydrogens (tertiary/aromatic N) is 2. The number of aromatic nitrogens is 2. The fraction of sp³-hybridized carbons (Fsp3) is 0.143. The van der Waals surface area contributed by atoms with Crippen molar-refractivity contribution < 1.29 is 0 Å². The minimum absolute atomic E-state index is 0.322. The summed E-state index contributed by atoms with van der Waals surface area (Å²) < 4.78 is 3.48. The van der Waals surface area contributed by atoms with Crippen molar-refractivity contribution in [1.29, 1.82) is 0 Å². The first kappa shape index (κ1) is 13.7. The Balaban J connectivity index is 2.20. The van der Waals surface area contributed by atoms with Crippen LogP contribution in [0.15, 0.2) is 38.3 Å². The highest BCUT2D eigenvalue weighted by Crippen LogP contribution is 2.23. The molecule has 3 rings (SSSR count). The Kier molecular flexibility index (Phi) is 3.21. The summed E-state index contributed by atoms with van der Waals surface area (Å²) in [5.74, 6) is 0.462. The lowest BCUT2D eigenvalue weighted by Gasteiger charge is -2.22. The number of hydrogen-bond donors (Lipinski definition) is 2. The molecule has 1 aliphatic heterocycles. The van der Waals surface area contributed by atoms with Crippen molar-refractivity contribution >= 4 is 33.5 Å². The molecule has 108 valence electrons. The quantitative estimate of drug-likeness (QED) is 0.814. The molecule has 1 aromatic heterocycles. The molecule has 0 aliphatic carbocycles. The van der Waals surface area contributed by atoms with E-state index in [0.717, 1.165) is 20.3 Å². The smallest absolute Gasteiger partial charge is 0.299 e. The summed E-state index contributed by atoms with van der Waals surface area (Å²) in [7, 11) is 3.09. The number of hydrazine groups is 1. The Morgan fingerprint density at radius 2 is 1.67 bits per heavy atom. The lowest BCUT2D eigenvalue weighted by atomic mass is 10.1. The van der Waals surface area contributed by atoms with Crippen molar-refractivity contribution in [3.8, 4) is 0 Å². The van der Waals surface area contributed by atoms with Gasteiger partial charge in [0, 0.05) is 18.6 Å². The summed E-state index contributed by atoms with van der Waals surface area (Å²) in [6.07, 6.45) is 1.75. The molecule has 6 nitrogen and oxygen atoms in total. The minimum atomic E-state index is -0.367. The van der Waals surface area contributed by atoms with Gasteiger partial charge in [-0.15, -0.1) is 0 Å². The molecule has 2 aromatic rings. The van der Waals surface area contributed by atoms with Crippen LogP contribution in [0, 0.1) is 0 Å². The maximum Gasteiger partial charge on any atom is 0.332 e. The summed E-state index contributed by atoms with van der Waals surface area (Å²) in [5.41, 5.74) is 7.41. The van der Waals surface area contributed by atoms with Crippen LogP contribution in [0.2, 0.25) is 0 Å². The standard InChI is InChI=1S/C14H13BrN4O2/c1-18-12-10(13(20)19(2)14(18)21)7-11(16-17-12)8-3-5-9(15)6-4-8/h3-7,16-17H,1-2H3. The Morgan fingerprint density at radius 1 is 1.00 bits per heavy atom. The maximum atomic E-state index is 12.2. The number of nitrogens with one attached hydrogen (secondary N) is 2. The fourth-order valence-corrected chi connectivity index (χ4v) is 2.51. The Hall–Kier alpha value is -2.28. The molecule has 0 amide bonds. The molecule has 0 radical (unpaired) electrons. The van der Waals surface area contributed by atoms with Crippen LogP contribution in [0.5, 0.6) is 0 Å². The molecule has 0 unspecified atom stereocenters. The van der Waals surface area contributed by atoms with Gasteiger partial charge in [0.25, 0.3) is 5.56 Å². The van der Waals surface area contributed by atoms with Crippen molar-refractivity contribution in [2.45, 2.75) is 0 Å². The van der Waals surface area contributed by atoms with E-state index in [-0.39, 0.29) is 11.2 Å². The first-order valence-electron chi connectivity index (χ1n) is 6.28. The fourth-order valence-electron chi connectivity index (χ4n) is 2.24. The third kappa shape index (κ3) is 2.19. The van der Waals surface area contributed by atoms with Crippen molar-refractivity contribution in [3.05, 3.63) is 60.7 Å².